The summed E-state index contributed by atoms with van der Waals surface area (Å²) in [5.41, 5.74) is 8.89. The van der Waals surface area contributed by atoms with Crippen molar-refractivity contribution >= 4 is 0 Å². The molecule has 1 unspecified atom stereocenters. The lowest BCUT2D eigenvalue weighted by atomic mass is 9.83. The highest BCUT2D eigenvalue weighted by Crippen LogP contribution is 2.34. The average Bonchev–Trinajstić information content (AvgIpc) is 2.54. The van der Waals surface area contributed by atoms with Gasteiger partial charge in [-0.1, -0.05) is 32.1 Å². The number of rotatable bonds is 3. The quantitative estimate of drug-likeness (QED) is 0.853. The van der Waals surface area contributed by atoms with Crippen LogP contribution < -0.4 is 5.73 Å². The molecule has 1 saturated carbocycles. The molecule has 2 nitrogen and oxygen atoms in total. The van der Waals surface area contributed by atoms with Crippen molar-refractivity contribution in [3.63, 3.8) is 0 Å². The van der Waals surface area contributed by atoms with Gasteiger partial charge in [0, 0.05) is 11.6 Å². The van der Waals surface area contributed by atoms with E-state index in [9.17, 15) is 0 Å². The van der Waals surface area contributed by atoms with Crippen LogP contribution in [0, 0.1) is 26.7 Å². The van der Waals surface area contributed by atoms with Crippen molar-refractivity contribution < 1.29 is 4.42 Å². The second-order valence-electron chi connectivity index (χ2n) is 5.60. The Morgan fingerprint density at radius 1 is 1.12 bits per heavy atom. The molecule has 0 radical (unpaired) electrons. The Balaban J connectivity index is 2.05. The van der Waals surface area contributed by atoms with Crippen molar-refractivity contribution in [1.82, 2.24) is 0 Å². The second-order valence-corrected chi connectivity index (χ2v) is 5.60. The first-order valence-electron chi connectivity index (χ1n) is 6.91. The predicted molar refractivity (Wildman–Crippen MR) is 71.0 cm³/mol. The maximum atomic E-state index is 6.38. The van der Waals surface area contributed by atoms with E-state index in [1.807, 2.05) is 13.8 Å². The van der Waals surface area contributed by atoms with Gasteiger partial charge in [-0.25, -0.2) is 0 Å². The number of hydrogen-bond acceptors (Lipinski definition) is 2. The molecule has 1 atom stereocenters. The largest absolute Gasteiger partial charge is 0.466 e. The molecule has 0 aliphatic heterocycles. The molecule has 1 aliphatic rings. The Morgan fingerprint density at radius 3 is 2.29 bits per heavy atom. The second kappa shape index (κ2) is 5.26. The highest BCUT2D eigenvalue weighted by Gasteiger charge is 2.22. The Bertz CT molecular complexity index is 375. The van der Waals surface area contributed by atoms with Crippen LogP contribution in [0.5, 0.6) is 0 Å². The molecule has 0 spiro atoms. The van der Waals surface area contributed by atoms with Gasteiger partial charge in [-0.05, 0) is 38.7 Å². The van der Waals surface area contributed by atoms with Crippen molar-refractivity contribution in [3.8, 4) is 0 Å². The van der Waals surface area contributed by atoms with Gasteiger partial charge >= 0.3 is 0 Å². The third-order valence-corrected chi connectivity index (χ3v) is 4.30. The van der Waals surface area contributed by atoms with E-state index in [1.54, 1.807) is 0 Å². The smallest absolute Gasteiger partial charge is 0.106 e. The standard InChI is InChI=1S/C15H25NO/c1-10-11(2)17-12(3)15(10)14(16)9-13-7-5-4-6-8-13/h13-14H,4-9,16H2,1-3H3. The normalized spacial score (nSPS) is 19.5. The van der Waals surface area contributed by atoms with Crippen molar-refractivity contribution in [2.45, 2.75) is 65.3 Å². The molecule has 1 aromatic heterocycles. The van der Waals surface area contributed by atoms with Gasteiger partial charge in [-0.15, -0.1) is 0 Å². The minimum absolute atomic E-state index is 0.163. The van der Waals surface area contributed by atoms with E-state index >= 15 is 0 Å². The van der Waals surface area contributed by atoms with Gasteiger partial charge in [0.25, 0.3) is 0 Å². The van der Waals surface area contributed by atoms with E-state index in [2.05, 4.69) is 6.92 Å². The van der Waals surface area contributed by atoms with Gasteiger partial charge in [0.2, 0.25) is 0 Å². The number of aryl methyl sites for hydroxylation is 2. The highest BCUT2D eigenvalue weighted by atomic mass is 16.3. The first-order valence-corrected chi connectivity index (χ1v) is 6.91. The monoisotopic (exact) mass is 235 g/mol. The van der Waals surface area contributed by atoms with E-state index < -0.39 is 0 Å². The highest BCUT2D eigenvalue weighted by molar-refractivity contribution is 5.34. The maximum Gasteiger partial charge on any atom is 0.106 e. The van der Waals surface area contributed by atoms with Crippen LogP contribution in [0.25, 0.3) is 0 Å². The predicted octanol–water partition coefficient (Wildman–Crippen LogP) is 4.18. The fourth-order valence-electron chi connectivity index (χ4n) is 3.25. The van der Waals surface area contributed by atoms with Crippen molar-refractivity contribution in [2.75, 3.05) is 0 Å². The van der Waals surface area contributed by atoms with Crippen molar-refractivity contribution in [2.24, 2.45) is 11.7 Å². The average molecular weight is 235 g/mol. The summed E-state index contributed by atoms with van der Waals surface area (Å²) in [6.07, 6.45) is 8.04. The fraction of sp³-hybridized carbons (Fsp3) is 0.733. The first kappa shape index (κ1) is 12.7. The maximum absolute atomic E-state index is 6.38. The molecule has 0 amide bonds. The molecule has 2 N–H and O–H groups in total. The molecule has 96 valence electrons. The lowest BCUT2D eigenvalue weighted by Crippen LogP contribution is -2.18. The number of hydrogen-bond donors (Lipinski definition) is 1. The molecule has 2 heteroatoms. The summed E-state index contributed by atoms with van der Waals surface area (Å²) in [6.45, 7) is 6.19. The molecule has 1 fully saturated rings. The number of furan rings is 1. The Hall–Kier alpha value is -0.760. The summed E-state index contributed by atoms with van der Waals surface area (Å²) in [6, 6.07) is 0.163. The van der Waals surface area contributed by atoms with Gasteiger partial charge < -0.3 is 10.2 Å². The van der Waals surface area contributed by atoms with E-state index in [1.165, 1.54) is 43.2 Å². The molecule has 0 bridgehead atoms. The van der Waals surface area contributed by atoms with E-state index in [0.29, 0.717) is 0 Å². The summed E-state index contributed by atoms with van der Waals surface area (Å²) in [5.74, 6) is 2.87. The van der Waals surface area contributed by atoms with Crippen LogP contribution in [0.15, 0.2) is 4.42 Å². The molecule has 1 aromatic rings. The topological polar surface area (TPSA) is 39.2 Å². The summed E-state index contributed by atoms with van der Waals surface area (Å²) < 4.78 is 5.68. The van der Waals surface area contributed by atoms with Gasteiger partial charge in [0.05, 0.1) is 0 Å². The number of nitrogens with two attached hydrogens (primary N) is 1. The SMILES string of the molecule is Cc1oc(C)c(C(N)CC2CCCCC2)c1C. The summed E-state index contributed by atoms with van der Waals surface area (Å²) >= 11 is 0. The van der Waals surface area contributed by atoms with Gasteiger partial charge in [-0.3, -0.25) is 0 Å². The summed E-state index contributed by atoms with van der Waals surface area (Å²) in [4.78, 5) is 0. The van der Waals surface area contributed by atoms with Crippen LogP contribution in [0.4, 0.5) is 0 Å². The first-order chi connectivity index (χ1) is 8.09. The van der Waals surface area contributed by atoms with Crippen LogP contribution in [-0.4, -0.2) is 0 Å². The minimum atomic E-state index is 0.163. The summed E-state index contributed by atoms with van der Waals surface area (Å²) in [7, 11) is 0. The van der Waals surface area contributed by atoms with Crippen LogP contribution in [0.2, 0.25) is 0 Å². The van der Waals surface area contributed by atoms with Gasteiger partial charge in [0.15, 0.2) is 0 Å². The van der Waals surface area contributed by atoms with Crippen LogP contribution in [-0.2, 0) is 0 Å². The van der Waals surface area contributed by atoms with Crippen molar-refractivity contribution in [3.05, 3.63) is 22.6 Å². The van der Waals surface area contributed by atoms with E-state index in [4.69, 9.17) is 10.2 Å². The summed E-state index contributed by atoms with van der Waals surface area (Å²) in [5, 5.41) is 0. The molecule has 0 aromatic carbocycles. The fourth-order valence-corrected chi connectivity index (χ4v) is 3.25. The zero-order chi connectivity index (χ0) is 12.4. The zero-order valence-corrected chi connectivity index (χ0v) is 11.4. The lowest BCUT2D eigenvalue weighted by molar-refractivity contribution is 0.318. The Kier molecular flexibility index (Phi) is 3.93. The van der Waals surface area contributed by atoms with Gasteiger partial charge in [0.1, 0.15) is 11.5 Å². The van der Waals surface area contributed by atoms with Gasteiger partial charge in [-0.2, -0.15) is 0 Å². The molecule has 1 heterocycles. The Morgan fingerprint density at radius 2 is 1.76 bits per heavy atom. The molecule has 1 aliphatic carbocycles. The van der Waals surface area contributed by atoms with Crippen LogP contribution >= 0.6 is 0 Å². The molecule has 2 rings (SSSR count). The van der Waals surface area contributed by atoms with Crippen molar-refractivity contribution in [1.29, 1.82) is 0 Å². The molecular formula is C15H25NO. The third kappa shape index (κ3) is 2.74. The molecule has 17 heavy (non-hydrogen) atoms. The minimum Gasteiger partial charge on any atom is -0.466 e. The van der Waals surface area contributed by atoms with E-state index in [-0.39, 0.29) is 6.04 Å². The third-order valence-electron chi connectivity index (χ3n) is 4.30. The Labute approximate surface area is 105 Å². The molecule has 0 saturated heterocycles. The lowest BCUT2D eigenvalue weighted by Gasteiger charge is -2.24. The molecular weight excluding hydrogens is 210 g/mol. The zero-order valence-electron chi connectivity index (χ0n) is 11.4. The van der Waals surface area contributed by atoms with E-state index in [0.717, 1.165) is 23.9 Å². The van der Waals surface area contributed by atoms with Crippen LogP contribution in [0.1, 0.15) is 67.2 Å². The van der Waals surface area contributed by atoms with Crippen LogP contribution in [0.3, 0.4) is 0 Å².